The predicted molar refractivity (Wildman–Crippen MR) is 74.9 cm³/mol. The fourth-order valence-electron chi connectivity index (χ4n) is 2.52. The highest BCUT2D eigenvalue weighted by atomic mass is 16.5. The Labute approximate surface area is 120 Å². The number of amides is 2. The number of ether oxygens (including phenoxy) is 1. The molecule has 1 unspecified atom stereocenters. The zero-order chi connectivity index (χ0) is 14.5. The molecular formula is C14H25N3O3. The lowest BCUT2D eigenvalue weighted by atomic mass is 10.0. The van der Waals surface area contributed by atoms with Gasteiger partial charge in [0, 0.05) is 38.7 Å². The fourth-order valence-corrected chi connectivity index (χ4v) is 2.52. The van der Waals surface area contributed by atoms with Gasteiger partial charge in [-0.1, -0.05) is 0 Å². The van der Waals surface area contributed by atoms with Crippen LogP contribution in [-0.2, 0) is 14.3 Å². The molecule has 2 amide bonds. The first-order chi connectivity index (χ1) is 9.63. The van der Waals surface area contributed by atoms with Crippen LogP contribution in [0.1, 0.15) is 32.1 Å². The molecule has 0 spiro atoms. The molecule has 2 aliphatic rings. The molecule has 20 heavy (non-hydrogen) atoms. The number of carbonyl (C=O) groups excluding carboxylic acids is 2. The van der Waals surface area contributed by atoms with Gasteiger partial charge in [0.05, 0.1) is 12.5 Å². The van der Waals surface area contributed by atoms with Crippen molar-refractivity contribution in [3.63, 3.8) is 0 Å². The maximum atomic E-state index is 12.1. The minimum absolute atomic E-state index is 0.0919. The zero-order valence-electron chi connectivity index (χ0n) is 12.1. The quantitative estimate of drug-likeness (QED) is 0.711. The molecule has 6 heteroatoms. The highest BCUT2D eigenvalue weighted by Crippen LogP contribution is 2.29. The van der Waals surface area contributed by atoms with Gasteiger partial charge in [-0.25, -0.2) is 0 Å². The molecule has 1 saturated carbocycles. The Bertz CT molecular complexity index is 346. The van der Waals surface area contributed by atoms with Crippen LogP contribution in [0.2, 0.25) is 0 Å². The number of likely N-dealkylation sites (tertiary alicyclic amines) is 1. The fraction of sp³-hybridized carbons (Fsp3) is 0.857. The molecule has 2 rings (SSSR count). The molecule has 0 aromatic carbocycles. The molecule has 3 N–H and O–H groups in total. The van der Waals surface area contributed by atoms with E-state index in [1.807, 2.05) is 4.90 Å². The van der Waals surface area contributed by atoms with E-state index in [0.717, 1.165) is 25.7 Å². The average molecular weight is 283 g/mol. The van der Waals surface area contributed by atoms with Crippen LogP contribution in [0.4, 0.5) is 0 Å². The normalized spacial score (nSPS) is 21.6. The third kappa shape index (κ3) is 4.18. The van der Waals surface area contributed by atoms with E-state index in [-0.39, 0.29) is 29.9 Å². The summed E-state index contributed by atoms with van der Waals surface area (Å²) in [4.78, 5) is 25.6. The molecule has 0 bridgehead atoms. The first-order valence-electron chi connectivity index (χ1n) is 7.45. The lowest BCUT2D eigenvalue weighted by molar-refractivity contribution is -0.134. The van der Waals surface area contributed by atoms with Crippen LogP contribution in [0, 0.1) is 5.92 Å². The summed E-state index contributed by atoms with van der Waals surface area (Å²) in [5.41, 5.74) is 5.53. The Morgan fingerprint density at radius 3 is 2.45 bits per heavy atom. The number of carbonyl (C=O) groups is 2. The number of nitrogens with one attached hydrogen (secondary N) is 1. The summed E-state index contributed by atoms with van der Waals surface area (Å²) in [7, 11) is 1.57. The molecule has 6 nitrogen and oxygen atoms in total. The number of hydrogen-bond donors (Lipinski definition) is 2. The third-order valence-corrected chi connectivity index (χ3v) is 4.14. The smallest absolute Gasteiger partial charge is 0.225 e. The van der Waals surface area contributed by atoms with Crippen LogP contribution < -0.4 is 11.1 Å². The van der Waals surface area contributed by atoms with Gasteiger partial charge in [-0.05, 0) is 25.7 Å². The molecule has 1 heterocycles. The number of nitrogens with two attached hydrogens (primary N) is 1. The van der Waals surface area contributed by atoms with Crippen LogP contribution in [0.5, 0.6) is 0 Å². The van der Waals surface area contributed by atoms with Gasteiger partial charge in [0.25, 0.3) is 0 Å². The third-order valence-electron chi connectivity index (χ3n) is 4.14. The molecule has 0 aromatic heterocycles. The topological polar surface area (TPSA) is 84.7 Å². The maximum Gasteiger partial charge on any atom is 0.225 e. The summed E-state index contributed by atoms with van der Waals surface area (Å²) in [6.07, 6.45) is 3.87. The summed E-state index contributed by atoms with van der Waals surface area (Å²) < 4.78 is 5.14. The van der Waals surface area contributed by atoms with E-state index >= 15 is 0 Å². The van der Waals surface area contributed by atoms with Crippen molar-refractivity contribution in [3.05, 3.63) is 0 Å². The Balaban J connectivity index is 1.70. The van der Waals surface area contributed by atoms with E-state index in [9.17, 15) is 9.59 Å². The second-order valence-corrected chi connectivity index (χ2v) is 5.74. The van der Waals surface area contributed by atoms with E-state index in [1.54, 1.807) is 7.11 Å². The SMILES string of the molecule is COC(CN)CC(=O)N1CCC(NC(=O)C2CC2)CC1. The van der Waals surface area contributed by atoms with E-state index in [2.05, 4.69) is 5.32 Å². The van der Waals surface area contributed by atoms with Crippen LogP contribution >= 0.6 is 0 Å². The second kappa shape index (κ2) is 7.04. The highest BCUT2D eigenvalue weighted by Gasteiger charge is 2.32. The number of nitrogens with zero attached hydrogens (tertiary/aromatic N) is 1. The van der Waals surface area contributed by atoms with Crippen molar-refractivity contribution in [1.82, 2.24) is 10.2 Å². The maximum absolute atomic E-state index is 12.1. The van der Waals surface area contributed by atoms with Crippen molar-refractivity contribution in [3.8, 4) is 0 Å². The first-order valence-corrected chi connectivity index (χ1v) is 7.45. The van der Waals surface area contributed by atoms with E-state index in [1.165, 1.54) is 0 Å². The monoisotopic (exact) mass is 283 g/mol. The van der Waals surface area contributed by atoms with Crippen LogP contribution in [0.3, 0.4) is 0 Å². The summed E-state index contributed by atoms with van der Waals surface area (Å²) in [6, 6.07) is 0.222. The molecule has 1 saturated heterocycles. The van der Waals surface area contributed by atoms with Gasteiger partial charge in [-0.2, -0.15) is 0 Å². The van der Waals surface area contributed by atoms with E-state index in [4.69, 9.17) is 10.5 Å². The summed E-state index contributed by atoms with van der Waals surface area (Å²) in [5, 5.41) is 3.08. The predicted octanol–water partition coefficient (Wildman–Crippen LogP) is -0.133. The minimum Gasteiger partial charge on any atom is -0.380 e. The van der Waals surface area contributed by atoms with Gasteiger partial charge in [0.1, 0.15) is 0 Å². The number of methoxy groups -OCH3 is 1. The molecule has 1 atom stereocenters. The Morgan fingerprint density at radius 1 is 1.30 bits per heavy atom. The van der Waals surface area contributed by atoms with Crippen molar-refractivity contribution in [2.45, 2.75) is 44.2 Å². The van der Waals surface area contributed by atoms with E-state index in [0.29, 0.717) is 26.1 Å². The lowest BCUT2D eigenvalue weighted by Gasteiger charge is -2.33. The van der Waals surface area contributed by atoms with Gasteiger partial charge < -0.3 is 20.7 Å². The van der Waals surface area contributed by atoms with Crippen molar-refractivity contribution >= 4 is 11.8 Å². The first kappa shape index (κ1) is 15.3. The lowest BCUT2D eigenvalue weighted by Crippen LogP contribution is -2.47. The van der Waals surface area contributed by atoms with Gasteiger partial charge in [-0.3, -0.25) is 9.59 Å². The van der Waals surface area contributed by atoms with Crippen LogP contribution in [0.15, 0.2) is 0 Å². The number of rotatable bonds is 6. The second-order valence-electron chi connectivity index (χ2n) is 5.74. The Morgan fingerprint density at radius 2 is 1.95 bits per heavy atom. The Kier molecular flexibility index (Phi) is 5.37. The van der Waals surface area contributed by atoms with Crippen molar-refractivity contribution < 1.29 is 14.3 Å². The van der Waals surface area contributed by atoms with E-state index < -0.39 is 0 Å². The van der Waals surface area contributed by atoms with Gasteiger partial charge in [0.15, 0.2) is 0 Å². The molecule has 1 aliphatic carbocycles. The summed E-state index contributed by atoms with van der Waals surface area (Å²) in [6.45, 7) is 1.76. The Hall–Kier alpha value is -1.14. The molecule has 0 aromatic rings. The molecule has 114 valence electrons. The van der Waals surface area contributed by atoms with Crippen molar-refractivity contribution in [2.24, 2.45) is 11.7 Å². The largest absolute Gasteiger partial charge is 0.380 e. The average Bonchev–Trinajstić information content (AvgIpc) is 3.29. The summed E-state index contributed by atoms with van der Waals surface area (Å²) >= 11 is 0. The standard InChI is InChI=1S/C14H25N3O3/c1-20-12(9-15)8-13(18)17-6-4-11(5-7-17)16-14(19)10-2-3-10/h10-12H,2-9,15H2,1H3,(H,16,19). The summed E-state index contributed by atoms with van der Waals surface area (Å²) in [5.74, 6) is 0.535. The number of hydrogen-bond acceptors (Lipinski definition) is 4. The van der Waals surface area contributed by atoms with Crippen molar-refractivity contribution in [1.29, 1.82) is 0 Å². The number of piperidine rings is 1. The van der Waals surface area contributed by atoms with Gasteiger partial charge in [-0.15, -0.1) is 0 Å². The zero-order valence-corrected chi connectivity index (χ0v) is 12.1. The van der Waals surface area contributed by atoms with Gasteiger partial charge >= 0.3 is 0 Å². The molecule has 0 radical (unpaired) electrons. The minimum atomic E-state index is -0.199. The van der Waals surface area contributed by atoms with Crippen molar-refractivity contribution in [2.75, 3.05) is 26.7 Å². The molecular weight excluding hydrogens is 258 g/mol. The highest BCUT2D eigenvalue weighted by molar-refractivity contribution is 5.81. The molecule has 2 fully saturated rings. The van der Waals surface area contributed by atoms with Crippen LogP contribution in [-0.4, -0.2) is 55.6 Å². The van der Waals surface area contributed by atoms with Gasteiger partial charge in [0.2, 0.25) is 11.8 Å². The van der Waals surface area contributed by atoms with Crippen LogP contribution in [0.25, 0.3) is 0 Å². The molecule has 1 aliphatic heterocycles.